The summed E-state index contributed by atoms with van der Waals surface area (Å²) in [6.07, 6.45) is 23.6. The van der Waals surface area contributed by atoms with E-state index >= 15 is 0 Å². The lowest BCUT2D eigenvalue weighted by Crippen LogP contribution is -2.66. The van der Waals surface area contributed by atoms with Gasteiger partial charge in [-0.25, -0.2) is 0 Å². The molecular weight excluding hydrogens is 681 g/mol. The number of rotatable bonds is 10. The third kappa shape index (κ3) is 8.82. The smallest absolute Gasteiger partial charge is 0.306 e. The van der Waals surface area contributed by atoms with Gasteiger partial charge in [-0.1, -0.05) is 101 Å². The number of carboxylic acid groups (broad SMARTS) is 1. The summed E-state index contributed by atoms with van der Waals surface area (Å²) in [7, 11) is 0. The van der Waals surface area contributed by atoms with E-state index in [4.69, 9.17) is 9.47 Å². The number of hydrogen-bond acceptors (Lipinski definition) is 4. The number of carboxylic acids is 1. The van der Waals surface area contributed by atoms with Gasteiger partial charge in [0, 0.05) is 11.8 Å². The molecule has 55 heavy (non-hydrogen) atoms. The first-order chi connectivity index (χ1) is 25.9. The van der Waals surface area contributed by atoms with Crippen molar-refractivity contribution < 1.29 is 24.2 Å². The van der Waals surface area contributed by atoms with Crippen molar-refractivity contribution in [3.63, 3.8) is 0 Å². The maximum atomic E-state index is 13.2. The summed E-state index contributed by atoms with van der Waals surface area (Å²) < 4.78 is 12.9. The van der Waals surface area contributed by atoms with Crippen LogP contribution in [0, 0.1) is 62.1 Å². The molecule has 0 aromatic rings. The monoisotopic (exact) mass is 767 g/mol. The number of allylic oxidation sites excluding steroid dienone is 3. The average molecular weight is 767 g/mol. The van der Waals surface area contributed by atoms with E-state index in [0.717, 1.165) is 31.8 Å². The van der Waals surface area contributed by atoms with Crippen molar-refractivity contribution in [3.05, 3.63) is 24.0 Å². The number of fused-ring (bicyclic) bond motifs is 7. The van der Waals surface area contributed by atoms with Crippen LogP contribution in [0.1, 0.15) is 205 Å². The second-order valence-electron chi connectivity index (χ2n) is 21.0. The van der Waals surface area contributed by atoms with E-state index in [0.29, 0.717) is 34.5 Å². The Morgan fingerprint density at radius 3 is 2.18 bits per heavy atom. The van der Waals surface area contributed by atoms with E-state index in [1.165, 1.54) is 101 Å². The Balaban J connectivity index is 0.00000163. The third-order valence-electron chi connectivity index (χ3n) is 17.3. The molecule has 0 heterocycles. The summed E-state index contributed by atoms with van der Waals surface area (Å²) in [5.74, 6) is 3.41. The van der Waals surface area contributed by atoms with Crippen molar-refractivity contribution in [1.82, 2.24) is 0 Å². The highest BCUT2D eigenvalue weighted by molar-refractivity contribution is 5.73. The van der Waals surface area contributed by atoms with Crippen molar-refractivity contribution in [2.75, 3.05) is 6.61 Å². The van der Waals surface area contributed by atoms with Gasteiger partial charge >= 0.3 is 11.9 Å². The highest BCUT2D eigenvalue weighted by Crippen LogP contribution is 2.78. The standard InChI is InChI=1S/C46H74O5.2C2H6/c1-31(2)33-19-24-46(27-28-50-32-15-13-11-10-12-14-16-32)26-25-44(8)34(40(33)46)17-18-36-43(7)22-21-37(42(5,6)35(43)20-23-45(36,44)9)51-39(49)30-41(3,4)29-38(47)48;2*1-2/h15,33-37,40H,1,10-14,16-30H2,2-9H3,(H,47,48);2*1-2H3/b32-15+;;/t33-,34+,35?,36?,37?,40?,43-,44+,45+,46+;;/m0../s1. The van der Waals surface area contributed by atoms with E-state index in [1.54, 1.807) is 0 Å². The van der Waals surface area contributed by atoms with Gasteiger partial charge in [-0.15, -0.1) is 0 Å². The Labute approximate surface area is 339 Å². The lowest BCUT2D eigenvalue weighted by molar-refractivity contribution is -0.251. The molecule has 1 N–H and O–H groups in total. The van der Waals surface area contributed by atoms with E-state index in [1.807, 2.05) is 41.5 Å². The van der Waals surface area contributed by atoms with Crippen LogP contribution in [0.4, 0.5) is 0 Å². The molecular formula is C50H86O5. The number of ether oxygens (including phenoxy) is 2. The molecule has 5 nitrogen and oxygen atoms in total. The second kappa shape index (κ2) is 18.0. The summed E-state index contributed by atoms with van der Waals surface area (Å²) in [5.41, 5.74) is 1.87. The summed E-state index contributed by atoms with van der Waals surface area (Å²) >= 11 is 0. The Bertz CT molecular complexity index is 1360. The first-order valence-electron chi connectivity index (χ1n) is 23.3. The first kappa shape index (κ1) is 45.9. The molecule has 4 unspecified atom stereocenters. The van der Waals surface area contributed by atoms with Crippen molar-refractivity contribution >= 4 is 11.9 Å². The van der Waals surface area contributed by atoms with Crippen molar-refractivity contribution in [1.29, 1.82) is 0 Å². The molecule has 0 aliphatic heterocycles. The zero-order chi connectivity index (χ0) is 41.0. The topological polar surface area (TPSA) is 72.8 Å². The second-order valence-corrected chi connectivity index (χ2v) is 21.0. The third-order valence-corrected chi connectivity index (χ3v) is 17.3. The highest BCUT2D eigenvalue weighted by atomic mass is 16.5. The van der Waals surface area contributed by atoms with Crippen LogP contribution < -0.4 is 0 Å². The van der Waals surface area contributed by atoms with Gasteiger partial charge in [0.2, 0.25) is 0 Å². The van der Waals surface area contributed by atoms with E-state index in [9.17, 15) is 14.7 Å². The fourth-order valence-electron chi connectivity index (χ4n) is 14.6. The zero-order valence-corrected chi connectivity index (χ0v) is 38.0. The first-order valence-corrected chi connectivity index (χ1v) is 23.3. The molecule has 0 aromatic heterocycles. The number of carbonyl (C=O) groups is 2. The summed E-state index contributed by atoms with van der Waals surface area (Å²) in [5, 5.41) is 9.36. The summed E-state index contributed by atoms with van der Waals surface area (Å²) in [6.45, 7) is 32.4. The Kier molecular flexibility index (Phi) is 15.0. The number of esters is 1. The van der Waals surface area contributed by atoms with Crippen molar-refractivity contribution in [3.8, 4) is 0 Å². The molecule has 6 aliphatic carbocycles. The van der Waals surface area contributed by atoms with Crippen LogP contribution >= 0.6 is 0 Å². The van der Waals surface area contributed by atoms with Gasteiger partial charge in [0.25, 0.3) is 0 Å². The minimum Gasteiger partial charge on any atom is -0.498 e. The van der Waals surface area contributed by atoms with Crippen LogP contribution in [0.2, 0.25) is 0 Å². The van der Waals surface area contributed by atoms with Gasteiger partial charge in [-0.3, -0.25) is 9.59 Å². The van der Waals surface area contributed by atoms with Crippen LogP contribution in [0.3, 0.4) is 0 Å². The molecule has 0 bridgehead atoms. The van der Waals surface area contributed by atoms with Crippen LogP contribution in [0.15, 0.2) is 24.0 Å². The quantitative estimate of drug-likeness (QED) is 0.177. The normalized spacial score (nSPS) is 40.2. The molecule has 5 heteroatoms. The predicted molar refractivity (Wildman–Crippen MR) is 229 cm³/mol. The van der Waals surface area contributed by atoms with Crippen molar-refractivity contribution in [2.24, 2.45) is 62.1 Å². The SMILES string of the molecule is C=C(C)[C@@H]1CC[C@]2(CCO/C3=C/CCCCCC3)CC[C@]3(C)[C@H](CCC4[C@@]5(C)CCC(OC(=O)CC(C)(C)CC(=O)O)C(C)(C)C5CC[C@]43C)C12.CC.CC. The van der Waals surface area contributed by atoms with E-state index in [2.05, 4.69) is 54.2 Å². The summed E-state index contributed by atoms with van der Waals surface area (Å²) in [4.78, 5) is 24.6. The lowest BCUT2D eigenvalue weighted by Gasteiger charge is -2.73. The number of aliphatic carboxylic acids is 1. The van der Waals surface area contributed by atoms with Gasteiger partial charge < -0.3 is 14.6 Å². The number of carbonyl (C=O) groups excluding carboxylic acids is 1. The molecule has 0 spiro atoms. The Morgan fingerprint density at radius 1 is 0.818 bits per heavy atom. The zero-order valence-electron chi connectivity index (χ0n) is 38.0. The molecule has 0 radical (unpaired) electrons. The Morgan fingerprint density at radius 2 is 1.51 bits per heavy atom. The molecule has 0 amide bonds. The van der Waals surface area contributed by atoms with Crippen LogP contribution in [-0.4, -0.2) is 29.8 Å². The lowest BCUT2D eigenvalue weighted by atomic mass is 9.32. The van der Waals surface area contributed by atoms with E-state index in [-0.39, 0.29) is 41.2 Å². The molecule has 316 valence electrons. The average Bonchev–Trinajstić information content (AvgIpc) is 3.48. The minimum absolute atomic E-state index is 0.0297. The molecule has 0 aromatic carbocycles. The minimum atomic E-state index is -0.867. The summed E-state index contributed by atoms with van der Waals surface area (Å²) in [6, 6.07) is 0. The Hall–Kier alpha value is -1.78. The highest BCUT2D eigenvalue weighted by Gasteiger charge is 2.71. The fourth-order valence-corrected chi connectivity index (χ4v) is 14.6. The fraction of sp³-hybridized carbons (Fsp3) is 0.880. The largest absolute Gasteiger partial charge is 0.498 e. The van der Waals surface area contributed by atoms with Crippen LogP contribution in [-0.2, 0) is 19.1 Å². The predicted octanol–water partition coefficient (Wildman–Crippen LogP) is 14.1. The maximum Gasteiger partial charge on any atom is 0.306 e. The molecule has 5 fully saturated rings. The van der Waals surface area contributed by atoms with Gasteiger partial charge in [-0.2, -0.15) is 0 Å². The number of hydrogen-bond donors (Lipinski definition) is 1. The molecule has 5 saturated carbocycles. The van der Waals surface area contributed by atoms with Gasteiger partial charge in [0.1, 0.15) is 6.10 Å². The molecule has 6 aliphatic rings. The molecule has 0 saturated heterocycles. The maximum absolute atomic E-state index is 13.2. The molecule has 10 atom stereocenters. The van der Waals surface area contributed by atoms with Gasteiger partial charge in [0.05, 0.1) is 25.2 Å². The van der Waals surface area contributed by atoms with Crippen molar-refractivity contribution in [2.45, 2.75) is 211 Å². The van der Waals surface area contributed by atoms with Crippen LogP contribution in [0.5, 0.6) is 0 Å². The van der Waals surface area contributed by atoms with E-state index < -0.39 is 11.4 Å². The van der Waals surface area contributed by atoms with Gasteiger partial charge in [-0.05, 0) is 160 Å². The molecule has 6 rings (SSSR count). The van der Waals surface area contributed by atoms with Crippen LogP contribution in [0.25, 0.3) is 0 Å². The van der Waals surface area contributed by atoms with Gasteiger partial charge in [0.15, 0.2) is 0 Å².